The van der Waals surface area contributed by atoms with Crippen molar-refractivity contribution in [2.75, 3.05) is 37.7 Å². The number of amides is 5. The third-order valence-electron chi connectivity index (χ3n) is 6.05. The molecule has 0 aliphatic carbocycles. The monoisotopic (exact) mass is 442 g/mol. The Kier molecular flexibility index (Phi) is 6.11. The highest BCUT2D eigenvalue weighted by molar-refractivity contribution is 6.25. The number of fused-ring (bicyclic) bond motifs is 1. The van der Waals surface area contributed by atoms with Gasteiger partial charge in [0.25, 0.3) is 11.8 Å². The minimum absolute atomic E-state index is 0.0764. The summed E-state index contributed by atoms with van der Waals surface area (Å²) in [5.74, 6) is -2.10. The molecule has 10 heteroatoms. The van der Waals surface area contributed by atoms with Crippen LogP contribution in [0.25, 0.3) is 0 Å². The lowest BCUT2D eigenvalue weighted by Crippen LogP contribution is -2.54. The molecule has 1 aromatic rings. The summed E-state index contributed by atoms with van der Waals surface area (Å²) in [7, 11) is 0. The second-order valence-electron chi connectivity index (χ2n) is 8.09. The zero-order valence-electron chi connectivity index (χ0n) is 18.0. The molecular formula is C22H26N4O6. The van der Waals surface area contributed by atoms with Crippen LogP contribution in [-0.4, -0.2) is 78.3 Å². The first-order chi connectivity index (χ1) is 15.4. The maximum Gasteiger partial charge on any atom is 0.409 e. The normalized spacial score (nSPS) is 21.0. The van der Waals surface area contributed by atoms with E-state index in [2.05, 4.69) is 5.32 Å². The van der Waals surface area contributed by atoms with E-state index in [4.69, 9.17) is 4.74 Å². The topological polar surface area (TPSA) is 116 Å². The van der Waals surface area contributed by atoms with Crippen molar-refractivity contribution in [3.63, 3.8) is 0 Å². The highest BCUT2D eigenvalue weighted by Gasteiger charge is 2.46. The van der Waals surface area contributed by atoms with Crippen molar-refractivity contribution in [2.45, 2.75) is 38.6 Å². The molecule has 3 aliphatic rings. The van der Waals surface area contributed by atoms with Crippen molar-refractivity contribution < 1.29 is 28.7 Å². The quantitative estimate of drug-likeness (QED) is 0.537. The zero-order valence-corrected chi connectivity index (χ0v) is 18.0. The molecule has 0 aromatic heterocycles. The van der Waals surface area contributed by atoms with Crippen LogP contribution < -0.4 is 10.2 Å². The number of benzene rings is 1. The molecule has 1 aromatic carbocycles. The number of imide groups is 2. The molecule has 170 valence electrons. The van der Waals surface area contributed by atoms with E-state index in [1.54, 1.807) is 23.1 Å². The van der Waals surface area contributed by atoms with Crippen molar-refractivity contribution in [1.29, 1.82) is 0 Å². The van der Waals surface area contributed by atoms with Gasteiger partial charge in [-0.15, -0.1) is 0 Å². The first-order valence-electron chi connectivity index (χ1n) is 10.9. The molecular weight excluding hydrogens is 416 g/mol. The molecule has 1 unspecified atom stereocenters. The SMILES string of the molecule is CCCCOC(=O)N1CCN(c2cccc3c2C(=O)N(C2CCC(=O)NC2=O)C3=O)CC1. The number of carbonyl (C=O) groups excluding carboxylic acids is 5. The van der Waals surface area contributed by atoms with Gasteiger partial charge >= 0.3 is 6.09 Å². The number of hydrogen-bond acceptors (Lipinski definition) is 7. The van der Waals surface area contributed by atoms with Crippen LogP contribution in [0.2, 0.25) is 0 Å². The van der Waals surface area contributed by atoms with Crippen LogP contribution in [0.1, 0.15) is 53.3 Å². The lowest BCUT2D eigenvalue weighted by atomic mass is 10.0. The van der Waals surface area contributed by atoms with E-state index in [9.17, 15) is 24.0 Å². The Hall–Kier alpha value is -3.43. The molecule has 0 radical (unpaired) electrons. The summed E-state index contributed by atoms with van der Waals surface area (Å²) in [6.45, 7) is 4.27. The fraction of sp³-hybridized carbons (Fsp3) is 0.500. The second-order valence-corrected chi connectivity index (χ2v) is 8.09. The molecule has 5 amide bonds. The van der Waals surface area contributed by atoms with Gasteiger partial charge in [0.2, 0.25) is 11.8 Å². The van der Waals surface area contributed by atoms with Crippen molar-refractivity contribution in [2.24, 2.45) is 0 Å². The van der Waals surface area contributed by atoms with Crippen molar-refractivity contribution in [1.82, 2.24) is 15.1 Å². The average Bonchev–Trinajstić information content (AvgIpc) is 3.04. The minimum atomic E-state index is -0.998. The number of carbonyl (C=O) groups is 5. The first-order valence-corrected chi connectivity index (χ1v) is 10.9. The van der Waals surface area contributed by atoms with Crippen molar-refractivity contribution in [3.05, 3.63) is 29.3 Å². The van der Waals surface area contributed by atoms with Crippen molar-refractivity contribution >= 4 is 35.4 Å². The highest BCUT2D eigenvalue weighted by atomic mass is 16.6. The number of nitrogens with one attached hydrogen (secondary N) is 1. The maximum absolute atomic E-state index is 13.2. The number of rotatable bonds is 5. The van der Waals surface area contributed by atoms with E-state index >= 15 is 0 Å². The predicted molar refractivity (Wildman–Crippen MR) is 113 cm³/mol. The number of nitrogens with zero attached hydrogens (tertiary/aromatic N) is 3. The fourth-order valence-electron chi connectivity index (χ4n) is 4.29. The van der Waals surface area contributed by atoms with Gasteiger partial charge in [0.1, 0.15) is 6.04 Å². The van der Waals surface area contributed by atoms with Crippen LogP contribution in [0.5, 0.6) is 0 Å². The van der Waals surface area contributed by atoms with Crippen molar-refractivity contribution in [3.8, 4) is 0 Å². The summed E-state index contributed by atoms with van der Waals surface area (Å²) in [5.41, 5.74) is 1.12. The third kappa shape index (κ3) is 3.92. The first kappa shape index (κ1) is 21.8. The van der Waals surface area contributed by atoms with Gasteiger partial charge in [0.05, 0.1) is 23.4 Å². The molecule has 10 nitrogen and oxygen atoms in total. The van der Waals surface area contributed by atoms with E-state index in [-0.39, 0.29) is 30.1 Å². The van der Waals surface area contributed by atoms with E-state index in [0.29, 0.717) is 38.5 Å². The third-order valence-corrected chi connectivity index (χ3v) is 6.05. The lowest BCUT2D eigenvalue weighted by Gasteiger charge is -2.36. The number of unbranched alkanes of at least 4 members (excludes halogenated alkanes) is 1. The van der Waals surface area contributed by atoms with Crippen LogP contribution in [0.15, 0.2) is 18.2 Å². The van der Waals surface area contributed by atoms with Crippen LogP contribution in [-0.2, 0) is 14.3 Å². The standard InChI is InChI=1S/C22H26N4O6/c1-2-3-13-32-22(31)25-11-9-24(10-12-25)15-6-4-5-14-18(15)21(30)26(20(14)29)16-7-8-17(27)23-19(16)28/h4-6,16H,2-3,7-13H2,1H3,(H,23,27,28). The van der Waals surface area contributed by atoms with Gasteiger partial charge in [0, 0.05) is 32.6 Å². The van der Waals surface area contributed by atoms with Gasteiger partial charge < -0.3 is 14.5 Å². The van der Waals surface area contributed by atoms with Gasteiger partial charge in [-0.2, -0.15) is 0 Å². The molecule has 3 heterocycles. The molecule has 0 spiro atoms. The Labute approximate surface area is 185 Å². The number of anilines is 1. The number of piperazine rings is 1. The summed E-state index contributed by atoms with van der Waals surface area (Å²) >= 11 is 0. The summed E-state index contributed by atoms with van der Waals surface area (Å²) in [6, 6.07) is 4.06. The summed E-state index contributed by atoms with van der Waals surface area (Å²) in [6.07, 6.45) is 1.62. The van der Waals surface area contributed by atoms with Gasteiger partial charge in [-0.3, -0.25) is 29.4 Å². The molecule has 2 saturated heterocycles. The molecule has 0 saturated carbocycles. The molecule has 1 N–H and O–H groups in total. The summed E-state index contributed by atoms with van der Waals surface area (Å²) in [4.78, 5) is 66.7. The number of ether oxygens (including phenoxy) is 1. The Morgan fingerprint density at radius 2 is 1.84 bits per heavy atom. The molecule has 0 bridgehead atoms. The van der Waals surface area contributed by atoms with E-state index in [1.807, 2.05) is 11.8 Å². The van der Waals surface area contributed by atoms with Gasteiger partial charge in [-0.1, -0.05) is 19.4 Å². The van der Waals surface area contributed by atoms with Gasteiger partial charge in [-0.05, 0) is 25.0 Å². The largest absolute Gasteiger partial charge is 0.449 e. The van der Waals surface area contributed by atoms with Crippen LogP contribution in [0, 0.1) is 0 Å². The molecule has 1 atom stereocenters. The Morgan fingerprint density at radius 3 is 2.53 bits per heavy atom. The van der Waals surface area contributed by atoms with E-state index < -0.39 is 29.7 Å². The predicted octanol–water partition coefficient (Wildman–Crippen LogP) is 1.15. The van der Waals surface area contributed by atoms with E-state index in [1.165, 1.54) is 0 Å². The smallest absolute Gasteiger partial charge is 0.409 e. The van der Waals surface area contributed by atoms with Crippen LogP contribution in [0.3, 0.4) is 0 Å². The van der Waals surface area contributed by atoms with Crippen LogP contribution in [0.4, 0.5) is 10.5 Å². The minimum Gasteiger partial charge on any atom is -0.449 e. The molecule has 3 aliphatic heterocycles. The number of piperidine rings is 1. The summed E-state index contributed by atoms with van der Waals surface area (Å²) < 4.78 is 5.27. The van der Waals surface area contributed by atoms with Gasteiger partial charge in [-0.25, -0.2) is 4.79 Å². The van der Waals surface area contributed by atoms with Gasteiger partial charge in [0.15, 0.2) is 0 Å². The lowest BCUT2D eigenvalue weighted by molar-refractivity contribution is -0.136. The summed E-state index contributed by atoms with van der Waals surface area (Å²) in [5, 5.41) is 2.20. The molecule has 4 rings (SSSR count). The molecule has 32 heavy (non-hydrogen) atoms. The maximum atomic E-state index is 13.2. The van der Waals surface area contributed by atoms with E-state index in [0.717, 1.165) is 17.7 Å². The van der Waals surface area contributed by atoms with Crippen LogP contribution >= 0.6 is 0 Å². The zero-order chi connectivity index (χ0) is 22.8. The fourth-order valence-corrected chi connectivity index (χ4v) is 4.29. The second kappa shape index (κ2) is 8.97. The Balaban J connectivity index is 1.49. The Bertz CT molecular complexity index is 969. The Morgan fingerprint density at radius 1 is 1.09 bits per heavy atom. The number of hydrogen-bond donors (Lipinski definition) is 1. The molecule has 2 fully saturated rings. The highest BCUT2D eigenvalue weighted by Crippen LogP contribution is 2.34. The average molecular weight is 442 g/mol.